The van der Waals surface area contributed by atoms with Gasteiger partial charge in [0, 0.05) is 0 Å². The molecule has 27 heavy (non-hydrogen) atoms. The number of ketones is 1. The highest BCUT2D eigenvalue weighted by atomic mass is 19.1. The number of halogens is 1. The molecular weight excluding hydrogens is 355 g/mol. The molecule has 1 N–H and O–H groups in total. The van der Waals surface area contributed by atoms with Gasteiger partial charge in [-0.2, -0.15) is 0 Å². The van der Waals surface area contributed by atoms with Crippen molar-refractivity contribution < 1.29 is 28.3 Å². The summed E-state index contributed by atoms with van der Waals surface area (Å²) in [4.78, 5) is 49.8. The van der Waals surface area contributed by atoms with E-state index in [9.17, 15) is 23.6 Å². The van der Waals surface area contributed by atoms with Crippen molar-refractivity contribution in [1.29, 1.82) is 0 Å². The van der Waals surface area contributed by atoms with Crippen LogP contribution in [-0.2, 0) is 14.3 Å². The van der Waals surface area contributed by atoms with Crippen molar-refractivity contribution in [3.05, 3.63) is 35.6 Å². The van der Waals surface area contributed by atoms with Crippen LogP contribution in [0.3, 0.4) is 0 Å². The Morgan fingerprint density at radius 1 is 1.30 bits per heavy atom. The second-order valence-electron chi connectivity index (χ2n) is 7.00. The molecule has 1 aromatic carbocycles. The van der Waals surface area contributed by atoms with Crippen molar-refractivity contribution in [1.82, 2.24) is 10.2 Å². The molecule has 3 amide bonds. The molecular formula is C19H21FN2O5. The molecule has 2 fully saturated rings. The highest BCUT2D eigenvalue weighted by Crippen LogP contribution is 2.38. The van der Waals surface area contributed by atoms with Gasteiger partial charge in [-0.15, -0.1) is 0 Å². The predicted octanol–water partition coefficient (Wildman–Crippen LogP) is 2.05. The number of esters is 1. The van der Waals surface area contributed by atoms with Gasteiger partial charge in [-0.25, -0.2) is 9.18 Å². The Kier molecular flexibility index (Phi) is 5.25. The second kappa shape index (κ2) is 7.46. The van der Waals surface area contributed by atoms with Crippen LogP contribution in [0.4, 0.5) is 9.18 Å². The summed E-state index contributed by atoms with van der Waals surface area (Å²) in [5, 5.41) is 2.74. The summed E-state index contributed by atoms with van der Waals surface area (Å²) in [6.45, 7) is 0.668. The Labute approximate surface area is 155 Å². The van der Waals surface area contributed by atoms with Crippen LogP contribution in [0.25, 0.3) is 0 Å². The topological polar surface area (TPSA) is 92.8 Å². The van der Waals surface area contributed by atoms with E-state index in [1.807, 2.05) is 6.92 Å². The molecule has 3 rings (SSSR count). The molecule has 1 heterocycles. The molecule has 2 atom stereocenters. The number of ether oxygens (including phenoxy) is 1. The van der Waals surface area contributed by atoms with Crippen molar-refractivity contribution in [2.75, 3.05) is 13.2 Å². The molecule has 1 saturated carbocycles. The van der Waals surface area contributed by atoms with Crippen LogP contribution >= 0.6 is 0 Å². The number of nitrogens with zero attached hydrogens (tertiary/aromatic N) is 1. The minimum atomic E-state index is -0.960. The number of carbonyl (C=O) groups excluding carboxylic acids is 4. The zero-order valence-electron chi connectivity index (χ0n) is 15.0. The standard InChI is InChI=1S/C19H21FN2O5/c1-12-6-4-5-9-19(12)17(25)22(18(26)21-19)10-16(24)27-11-15(23)13-7-2-3-8-14(13)20/h2-3,7-8,12H,4-6,9-11H2,1H3,(H,21,26)/t12-,19-/m0/s1. The Bertz CT molecular complexity index is 796. The SMILES string of the molecule is C[C@H]1CCCC[C@]12NC(=O)N(CC(=O)OCC(=O)c1ccccc1F)C2=O. The maximum Gasteiger partial charge on any atom is 0.326 e. The summed E-state index contributed by atoms with van der Waals surface area (Å²) in [7, 11) is 0. The van der Waals surface area contributed by atoms with Crippen molar-refractivity contribution in [2.24, 2.45) is 5.92 Å². The average Bonchev–Trinajstić information content (AvgIpc) is 2.87. The molecule has 2 aliphatic rings. The zero-order chi connectivity index (χ0) is 19.6. The summed E-state index contributed by atoms with van der Waals surface area (Å²) < 4.78 is 18.4. The summed E-state index contributed by atoms with van der Waals surface area (Å²) in [5.74, 6) is -2.76. The minimum Gasteiger partial charge on any atom is -0.456 e. The monoisotopic (exact) mass is 376 g/mol. The largest absolute Gasteiger partial charge is 0.456 e. The number of carbonyl (C=O) groups is 4. The lowest BCUT2D eigenvalue weighted by atomic mass is 9.73. The number of nitrogens with one attached hydrogen (secondary N) is 1. The molecule has 0 bridgehead atoms. The van der Waals surface area contributed by atoms with Gasteiger partial charge in [0.05, 0.1) is 5.56 Å². The molecule has 1 spiro atoms. The van der Waals surface area contributed by atoms with Crippen LogP contribution in [0.5, 0.6) is 0 Å². The zero-order valence-corrected chi connectivity index (χ0v) is 15.0. The third kappa shape index (κ3) is 3.56. The first-order valence-electron chi connectivity index (χ1n) is 8.92. The van der Waals surface area contributed by atoms with Crippen LogP contribution in [0.15, 0.2) is 24.3 Å². The Morgan fingerprint density at radius 3 is 2.74 bits per heavy atom. The number of hydrogen-bond donors (Lipinski definition) is 1. The number of urea groups is 1. The lowest BCUT2D eigenvalue weighted by Crippen LogP contribution is -2.54. The number of benzene rings is 1. The lowest BCUT2D eigenvalue weighted by Gasteiger charge is -2.36. The number of amides is 3. The van der Waals surface area contributed by atoms with Crippen LogP contribution in [-0.4, -0.2) is 47.3 Å². The molecule has 7 nitrogen and oxygen atoms in total. The first-order valence-corrected chi connectivity index (χ1v) is 8.92. The maximum absolute atomic E-state index is 13.6. The molecule has 8 heteroatoms. The van der Waals surface area contributed by atoms with Crippen LogP contribution < -0.4 is 5.32 Å². The minimum absolute atomic E-state index is 0.0219. The smallest absolute Gasteiger partial charge is 0.326 e. The third-order valence-electron chi connectivity index (χ3n) is 5.33. The van der Waals surface area contributed by atoms with Crippen molar-refractivity contribution in [2.45, 2.75) is 38.1 Å². The first-order chi connectivity index (χ1) is 12.8. The van der Waals surface area contributed by atoms with Gasteiger partial charge in [0.1, 0.15) is 17.9 Å². The van der Waals surface area contributed by atoms with E-state index in [4.69, 9.17) is 4.74 Å². The van der Waals surface area contributed by atoms with Crippen molar-refractivity contribution in [3.63, 3.8) is 0 Å². The van der Waals surface area contributed by atoms with Crippen LogP contribution in [0, 0.1) is 11.7 Å². The predicted molar refractivity (Wildman–Crippen MR) is 92.3 cm³/mol. The van der Waals surface area contributed by atoms with Crippen LogP contribution in [0.1, 0.15) is 43.0 Å². The third-order valence-corrected chi connectivity index (χ3v) is 5.33. The molecule has 0 aromatic heterocycles. The Balaban J connectivity index is 1.59. The summed E-state index contributed by atoms with van der Waals surface area (Å²) >= 11 is 0. The molecule has 1 aromatic rings. The first kappa shape index (κ1) is 19.0. The lowest BCUT2D eigenvalue weighted by molar-refractivity contribution is -0.147. The number of rotatable bonds is 5. The second-order valence-corrected chi connectivity index (χ2v) is 7.00. The van der Waals surface area contributed by atoms with Gasteiger partial charge in [0.2, 0.25) is 5.78 Å². The van der Waals surface area contributed by atoms with Gasteiger partial charge in [-0.05, 0) is 30.9 Å². The fourth-order valence-electron chi connectivity index (χ4n) is 3.72. The van der Waals surface area contributed by atoms with E-state index >= 15 is 0 Å². The van der Waals surface area contributed by atoms with E-state index in [1.165, 1.54) is 18.2 Å². The molecule has 1 saturated heterocycles. The molecule has 0 unspecified atom stereocenters. The van der Waals surface area contributed by atoms with Gasteiger partial charge in [-0.1, -0.05) is 31.9 Å². The quantitative estimate of drug-likeness (QED) is 0.482. The van der Waals surface area contributed by atoms with E-state index in [0.29, 0.717) is 6.42 Å². The van der Waals surface area contributed by atoms with E-state index in [0.717, 1.165) is 30.2 Å². The fourth-order valence-corrected chi connectivity index (χ4v) is 3.72. The van der Waals surface area contributed by atoms with Crippen molar-refractivity contribution in [3.8, 4) is 0 Å². The normalized spacial score (nSPS) is 24.8. The summed E-state index contributed by atoms with van der Waals surface area (Å²) in [6, 6.07) is 4.73. The highest BCUT2D eigenvalue weighted by Gasteiger charge is 2.55. The molecule has 144 valence electrons. The Hall–Kier alpha value is -2.77. The maximum atomic E-state index is 13.6. The van der Waals surface area contributed by atoms with E-state index in [-0.39, 0.29) is 11.5 Å². The van der Waals surface area contributed by atoms with Crippen molar-refractivity contribution >= 4 is 23.7 Å². The molecule has 0 radical (unpaired) electrons. The molecule has 1 aliphatic heterocycles. The van der Waals surface area contributed by atoms with E-state index in [1.54, 1.807) is 0 Å². The van der Waals surface area contributed by atoms with Gasteiger partial charge < -0.3 is 10.1 Å². The van der Waals surface area contributed by atoms with Gasteiger partial charge in [0.25, 0.3) is 5.91 Å². The van der Waals surface area contributed by atoms with E-state index < -0.39 is 48.2 Å². The number of imide groups is 1. The summed E-state index contributed by atoms with van der Waals surface area (Å²) in [5.41, 5.74) is -1.14. The average molecular weight is 376 g/mol. The fraction of sp³-hybridized carbons (Fsp3) is 0.474. The number of hydrogen-bond acceptors (Lipinski definition) is 5. The van der Waals surface area contributed by atoms with E-state index in [2.05, 4.69) is 5.32 Å². The molecule has 1 aliphatic carbocycles. The summed E-state index contributed by atoms with van der Waals surface area (Å²) in [6.07, 6.45) is 3.18. The highest BCUT2D eigenvalue weighted by molar-refractivity contribution is 6.09. The van der Waals surface area contributed by atoms with Gasteiger partial charge >= 0.3 is 12.0 Å². The van der Waals surface area contributed by atoms with Gasteiger partial charge in [-0.3, -0.25) is 19.3 Å². The number of Topliss-reactive ketones (excluding diaryl/α,β-unsaturated/α-hetero) is 1. The Morgan fingerprint density at radius 2 is 2.04 bits per heavy atom. The van der Waals surface area contributed by atoms with Crippen LogP contribution in [0.2, 0.25) is 0 Å². The van der Waals surface area contributed by atoms with Gasteiger partial charge in [0.15, 0.2) is 6.61 Å².